The van der Waals surface area contributed by atoms with Crippen LogP contribution < -0.4 is 0 Å². The average Bonchev–Trinajstić information content (AvgIpc) is 3.69. The molecule has 200 valence electrons. The summed E-state index contributed by atoms with van der Waals surface area (Å²) >= 11 is 0. The third kappa shape index (κ3) is 5.27. The molecule has 1 heterocycles. The predicted molar refractivity (Wildman–Crippen MR) is 145 cm³/mol. The molecule has 1 unspecified atom stereocenters. The topological polar surface area (TPSA) is 72.6 Å². The second kappa shape index (κ2) is 10.6. The van der Waals surface area contributed by atoms with Crippen LogP contribution in [0.2, 0.25) is 0 Å². The zero-order chi connectivity index (χ0) is 27.6. The minimum atomic E-state index is -3.55. The fraction of sp³-hybridized carbons (Fsp3) is 0.250. The Morgan fingerprint density at radius 2 is 1.62 bits per heavy atom. The van der Waals surface area contributed by atoms with Crippen LogP contribution in [0, 0.1) is 6.92 Å². The number of aliphatic hydroxyl groups is 1. The molecule has 1 aromatic heterocycles. The molecule has 0 aliphatic heterocycles. The SMILES string of the molecule is CCOC(=O)C1(c2ccc(-c3ccc(-c4onc(C)c4C(O)C(F)(F)C=Cc4ccccc4)cc3)cc2)CC1. The van der Waals surface area contributed by atoms with E-state index >= 15 is 8.78 Å². The molecule has 0 saturated heterocycles. The van der Waals surface area contributed by atoms with Gasteiger partial charge < -0.3 is 14.4 Å². The minimum absolute atomic E-state index is 0.0523. The van der Waals surface area contributed by atoms with Crippen LogP contribution >= 0.6 is 0 Å². The number of aromatic nitrogens is 1. The van der Waals surface area contributed by atoms with Crippen LogP contribution in [-0.2, 0) is 14.9 Å². The van der Waals surface area contributed by atoms with Crippen LogP contribution in [0.1, 0.15) is 48.3 Å². The van der Waals surface area contributed by atoms with Gasteiger partial charge in [0, 0.05) is 5.56 Å². The Morgan fingerprint density at radius 3 is 2.21 bits per heavy atom. The Hall–Kier alpha value is -4.10. The lowest BCUT2D eigenvalue weighted by Crippen LogP contribution is -2.24. The Bertz CT molecular complexity index is 1470. The van der Waals surface area contributed by atoms with Crippen LogP contribution in [0.4, 0.5) is 8.78 Å². The van der Waals surface area contributed by atoms with Crippen LogP contribution in [0.3, 0.4) is 0 Å². The first-order chi connectivity index (χ1) is 18.7. The van der Waals surface area contributed by atoms with Gasteiger partial charge in [-0.15, -0.1) is 0 Å². The van der Waals surface area contributed by atoms with Gasteiger partial charge in [-0.3, -0.25) is 4.79 Å². The van der Waals surface area contributed by atoms with E-state index in [0.29, 0.717) is 23.8 Å². The summed E-state index contributed by atoms with van der Waals surface area (Å²) in [5.41, 5.74) is 3.52. The summed E-state index contributed by atoms with van der Waals surface area (Å²) in [7, 11) is 0. The molecule has 39 heavy (non-hydrogen) atoms. The molecule has 1 fully saturated rings. The highest BCUT2D eigenvalue weighted by Gasteiger charge is 2.52. The number of hydrogen-bond acceptors (Lipinski definition) is 5. The lowest BCUT2D eigenvalue weighted by molar-refractivity contribution is -0.146. The predicted octanol–water partition coefficient (Wildman–Crippen LogP) is 7.29. The van der Waals surface area contributed by atoms with E-state index in [1.54, 1.807) is 49.4 Å². The summed E-state index contributed by atoms with van der Waals surface area (Å²) < 4.78 is 40.7. The Balaban J connectivity index is 1.36. The van der Waals surface area contributed by atoms with Gasteiger partial charge in [0.05, 0.1) is 23.3 Å². The van der Waals surface area contributed by atoms with Gasteiger partial charge in [-0.05, 0) is 55.0 Å². The number of benzene rings is 3. The highest BCUT2D eigenvalue weighted by Crippen LogP contribution is 2.49. The largest absolute Gasteiger partial charge is 0.465 e. The average molecular weight is 530 g/mol. The summed E-state index contributed by atoms with van der Waals surface area (Å²) in [6.45, 7) is 3.69. The van der Waals surface area contributed by atoms with E-state index in [1.807, 2.05) is 36.4 Å². The molecule has 1 saturated carbocycles. The first-order valence-corrected chi connectivity index (χ1v) is 12.9. The van der Waals surface area contributed by atoms with Crippen molar-refractivity contribution in [2.24, 2.45) is 0 Å². The molecule has 0 amide bonds. The van der Waals surface area contributed by atoms with Gasteiger partial charge in [0.2, 0.25) is 0 Å². The van der Waals surface area contributed by atoms with Crippen molar-refractivity contribution in [1.82, 2.24) is 5.16 Å². The molecule has 0 spiro atoms. The number of carbonyl (C=O) groups is 1. The zero-order valence-corrected chi connectivity index (χ0v) is 21.7. The van der Waals surface area contributed by atoms with Crippen molar-refractivity contribution in [2.45, 2.75) is 44.1 Å². The molecule has 5 rings (SSSR count). The van der Waals surface area contributed by atoms with E-state index in [-0.39, 0.29) is 23.0 Å². The van der Waals surface area contributed by atoms with Crippen LogP contribution in [0.5, 0.6) is 0 Å². The van der Waals surface area contributed by atoms with Crippen molar-refractivity contribution in [3.8, 4) is 22.5 Å². The maximum atomic E-state index is 15.0. The van der Waals surface area contributed by atoms with Crippen molar-refractivity contribution in [1.29, 1.82) is 0 Å². The van der Waals surface area contributed by atoms with Crippen LogP contribution in [-0.4, -0.2) is 28.8 Å². The molecule has 1 aliphatic carbocycles. The molecule has 3 aromatic carbocycles. The first-order valence-electron chi connectivity index (χ1n) is 12.9. The highest BCUT2D eigenvalue weighted by atomic mass is 19.3. The van der Waals surface area contributed by atoms with Gasteiger partial charge in [0.1, 0.15) is 0 Å². The zero-order valence-electron chi connectivity index (χ0n) is 21.7. The minimum Gasteiger partial charge on any atom is -0.465 e. The fourth-order valence-electron chi connectivity index (χ4n) is 4.76. The van der Waals surface area contributed by atoms with Gasteiger partial charge in [0.25, 0.3) is 5.92 Å². The summed E-state index contributed by atoms with van der Waals surface area (Å²) in [6.07, 6.45) is 1.41. The van der Waals surface area contributed by atoms with E-state index in [4.69, 9.17) is 9.26 Å². The molecule has 7 heteroatoms. The Kier molecular flexibility index (Phi) is 7.19. The van der Waals surface area contributed by atoms with E-state index in [9.17, 15) is 9.90 Å². The standard InChI is InChI=1S/C32H29F2NO4/c1-3-38-30(37)31(19-20-31)26-15-13-24(14-16-26)23-9-11-25(12-10-23)28-27(21(2)35-39-28)29(36)32(33,34)18-17-22-7-5-4-6-8-22/h4-18,29,36H,3,19-20H2,1-2H3. The molecular weight excluding hydrogens is 500 g/mol. The number of hydrogen-bond donors (Lipinski definition) is 1. The van der Waals surface area contributed by atoms with Gasteiger partial charge in [-0.1, -0.05) is 90.1 Å². The maximum absolute atomic E-state index is 15.0. The van der Waals surface area contributed by atoms with E-state index < -0.39 is 17.4 Å². The number of nitrogens with zero attached hydrogens (tertiary/aromatic N) is 1. The molecular formula is C32H29F2NO4. The Labute approximate surface area is 225 Å². The lowest BCUT2D eigenvalue weighted by Gasteiger charge is -2.19. The van der Waals surface area contributed by atoms with Gasteiger partial charge in [-0.25, -0.2) is 0 Å². The molecule has 0 radical (unpaired) electrons. The second-order valence-electron chi connectivity index (χ2n) is 9.79. The summed E-state index contributed by atoms with van der Waals surface area (Å²) in [4.78, 5) is 12.4. The molecule has 1 aliphatic rings. The van der Waals surface area contributed by atoms with Crippen LogP contribution in [0.25, 0.3) is 28.5 Å². The second-order valence-corrected chi connectivity index (χ2v) is 9.79. The number of halogens is 2. The number of carbonyl (C=O) groups excluding carboxylic acids is 1. The fourth-order valence-corrected chi connectivity index (χ4v) is 4.76. The maximum Gasteiger partial charge on any atom is 0.316 e. The monoisotopic (exact) mass is 529 g/mol. The lowest BCUT2D eigenvalue weighted by atomic mass is 9.93. The molecule has 5 nitrogen and oxygen atoms in total. The molecule has 1 N–H and O–H groups in total. The number of esters is 1. The number of ether oxygens (including phenoxy) is 1. The number of aliphatic hydroxyl groups excluding tert-OH is 1. The van der Waals surface area contributed by atoms with Crippen LogP contribution in [0.15, 0.2) is 89.5 Å². The van der Waals surface area contributed by atoms with Crippen molar-refractivity contribution < 1.29 is 27.9 Å². The summed E-state index contributed by atoms with van der Waals surface area (Å²) in [5.74, 6) is -3.63. The van der Waals surface area contributed by atoms with E-state index in [1.165, 1.54) is 13.0 Å². The highest BCUT2D eigenvalue weighted by molar-refractivity contribution is 5.87. The third-order valence-corrected chi connectivity index (χ3v) is 7.18. The van der Waals surface area contributed by atoms with Gasteiger partial charge in [-0.2, -0.15) is 8.78 Å². The normalized spacial score (nSPS) is 15.3. The van der Waals surface area contributed by atoms with Crippen molar-refractivity contribution in [3.63, 3.8) is 0 Å². The van der Waals surface area contributed by atoms with Gasteiger partial charge in [0.15, 0.2) is 11.9 Å². The number of rotatable bonds is 9. The first kappa shape index (κ1) is 26.5. The van der Waals surface area contributed by atoms with Crippen molar-refractivity contribution >= 4 is 12.0 Å². The molecule has 4 aromatic rings. The summed E-state index contributed by atoms with van der Waals surface area (Å²) in [6, 6.07) is 23.7. The van der Waals surface area contributed by atoms with E-state index in [0.717, 1.165) is 29.5 Å². The Morgan fingerprint density at radius 1 is 1.03 bits per heavy atom. The smallest absolute Gasteiger partial charge is 0.316 e. The van der Waals surface area contributed by atoms with E-state index in [2.05, 4.69) is 5.16 Å². The van der Waals surface area contributed by atoms with Crippen molar-refractivity contribution in [2.75, 3.05) is 6.61 Å². The number of aryl methyl sites for hydroxylation is 1. The number of alkyl halides is 2. The molecule has 1 atom stereocenters. The van der Waals surface area contributed by atoms with Crippen molar-refractivity contribution in [3.05, 3.63) is 107 Å². The third-order valence-electron chi connectivity index (χ3n) is 7.18. The quantitative estimate of drug-likeness (QED) is 0.231. The van der Waals surface area contributed by atoms with Gasteiger partial charge >= 0.3 is 5.97 Å². The summed E-state index contributed by atoms with van der Waals surface area (Å²) in [5, 5.41) is 14.6. The molecule has 0 bridgehead atoms.